The van der Waals surface area contributed by atoms with Crippen LogP contribution in [-0.4, -0.2) is 12.1 Å². The maximum absolute atomic E-state index is 5.95. The standard InChI is InChI=1S/C13H20N2/c1-9-7-8-10(2)15(9)13-6-4-5-12(14)11(13)3/h4-6,9-10H,7-8,14H2,1-3H3/t9-,10+. The lowest BCUT2D eigenvalue weighted by molar-refractivity contribution is 0.692. The summed E-state index contributed by atoms with van der Waals surface area (Å²) in [6, 6.07) is 7.49. The number of anilines is 2. The predicted molar refractivity (Wildman–Crippen MR) is 66.2 cm³/mol. The highest BCUT2D eigenvalue weighted by molar-refractivity contribution is 5.65. The fraction of sp³-hybridized carbons (Fsp3) is 0.538. The first-order valence-electron chi connectivity index (χ1n) is 5.74. The fourth-order valence-electron chi connectivity index (χ4n) is 2.59. The number of rotatable bonds is 1. The Labute approximate surface area is 92.1 Å². The Morgan fingerprint density at radius 1 is 1.20 bits per heavy atom. The molecule has 2 heteroatoms. The second kappa shape index (κ2) is 3.76. The van der Waals surface area contributed by atoms with Crippen molar-refractivity contribution in [1.82, 2.24) is 0 Å². The van der Waals surface area contributed by atoms with Gasteiger partial charge in [0, 0.05) is 23.5 Å². The number of benzene rings is 1. The van der Waals surface area contributed by atoms with Gasteiger partial charge in [-0.3, -0.25) is 0 Å². The summed E-state index contributed by atoms with van der Waals surface area (Å²) in [6.45, 7) is 6.71. The molecule has 2 nitrogen and oxygen atoms in total. The normalized spacial score (nSPS) is 25.9. The minimum atomic E-state index is 0.639. The molecule has 1 aromatic carbocycles. The molecule has 2 N–H and O–H groups in total. The molecule has 2 rings (SSSR count). The van der Waals surface area contributed by atoms with Gasteiger partial charge in [0.2, 0.25) is 0 Å². The fourth-order valence-corrected chi connectivity index (χ4v) is 2.59. The van der Waals surface area contributed by atoms with E-state index in [4.69, 9.17) is 5.73 Å². The third kappa shape index (κ3) is 1.69. The number of nitrogens with zero attached hydrogens (tertiary/aromatic N) is 1. The van der Waals surface area contributed by atoms with Crippen LogP contribution in [-0.2, 0) is 0 Å². The van der Waals surface area contributed by atoms with E-state index in [0.29, 0.717) is 12.1 Å². The first kappa shape index (κ1) is 10.3. The Morgan fingerprint density at radius 2 is 1.80 bits per heavy atom. The molecule has 0 bridgehead atoms. The van der Waals surface area contributed by atoms with Crippen molar-refractivity contribution >= 4 is 11.4 Å². The van der Waals surface area contributed by atoms with Crippen molar-refractivity contribution in [2.24, 2.45) is 0 Å². The molecule has 1 aliphatic heterocycles. The van der Waals surface area contributed by atoms with Crippen LogP contribution in [0.25, 0.3) is 0 Å². The smallest absolute Gasteiger partial charge is 0.0421 e. The van der Waals surface area contributed by atoms with Gasteiger partial charge < -0.3 is 10.6 Å². The van der Waals surface area contributed by atoms with Crippen LogP contribution in [0.3, 0.4) is 0 Å². The molecule has 0 aliphatic carbocycles. The van der Waals surface area contributed by atoms with E-state index in [1.165, 1.54) is 24.1 Å². The average Bonchev–Trinajstić information content (AvgIpc) is 2.52. The molecule has 1 fully saturated rings. The topological polar surface area (TPSA) is 29.3 Å². The zero-order valence-corrected chi connectivity index (χ0v) is 9.83. The quantitative estimate of drug-likeness (QED) is 0.713. The van der Waals surface area contributed by atoms with E-state index < -0.39 is 0 Å². The lowest BCUT2D eigenvalue weighted by atomic mass is 10.1. The number of nitrogen functional groups attached to an aromatic ring is 1. The lowest BCUT2D eigenvalue weighted by Gasteiger charge is -2.30. The van der Waals surface area contributed by atoms with E-state index in [0.717, 1.165) is 5.69 Å². The summed E-state index contributed by atoms with van der Waals surface area (Å²) in [6.07, 6.45) is 2.57. The molecule has 82 valence electrons. The first-order valence-corrected chi connectivity index (χ1v) is 5.74. The van der Waals surface area contributed by atoms with Gasteiger partial charge in [-0.25, -0.2) is 0 Å². The van der Waals surface area contributed by atoms with E-state index in [2.05, 4.69) is 37.8 Å². The molecule has 0 spiro atoms. The maximum atomic E-state index is 5.95. The van der Waals surface area contributed by atoms with Gasteiger partial charge in [0.25, 0.3) is 0 Å². The van der Waals surface area contributed by atoms with E-state index >= 15 is 0 Å². The van der Waals surface area contributed by atoms with Crippen molar-refractivity contribution in [3.05, 3.63) is 23.8 Å². The highest BCUT2D eigenvalue weighted by Crippen LogP contribution is 2.34. The van der Waals surface area contributed by atoms with Crippen LogP contribution < -0.4 is 10.6 Å². The molecule has 0 unspecified atom stereocenters. The minimum absolute atomic E-state index is 0.639. The van der Waals surface area contributed by atoms with Gasteiger partial charge in [-0.2, -0.15) is 0 Å². The molecule has 1 saturated heterocycles. The van der Waals surface area contributed by atoms with Crippen LogP contribution in [0.5, 0.6) is 0 Å². The van der Waals surface area contributed by atoms with E-state index in [9.17, 15) is 0 Å². The first-order chi connectivity index (χ1) is 7.11. The third-order valence-corrected chi connectivity index (χ3v) is 3.58. The minimum Gasteiger partial charge on any atom is -0.398 e. The van der Waals surface area contributed by atoms with Gasteiger partial charge in [0.05, 0.1) is 0 Å². The highest BCUT2D eigenvalue weighted by atomic mass is 15.2. The van der Waals surface area contributed by atoms with Crippen LogP contribution in [0.1, 0.15) is 32.3 Å². The molecule has 0 aromatic heterocycles. The highest BCUT2D eigenvalue weighted by Gasteiger charge is 2.28. The maximum Gasteiger partial charge on any atom is 0.0421 e. The molecule has 0 radical (unpaired) electrons. The molecular weight excluding hydrogens is 184 g/mol. The average molecular weight is 204 g/mol. The van der Waals surface area contributed by atoms with Crippen LogP contribution in [0, 0.1) is 6.92 Å². The van der Waals surface area contributed by atoms with E-state index in [1.807, 2.05) is 6.07 Å². The Bertz CT molecular complexity index is 350. The molecule has 1 heterocycles. The Morgan fingerprint density at radius 3 is 2.40 bits per heavy atom. The van der Waals surface area contributed by atoms with Crippen molar-refractivity contribution in [2.45, 2.75) is 45.7 Å². The van der Waals surface area contributed by atoms with Crippen LogP contribution in [0.15, 0.2) is 18.2 Å². The second-order valence-electron chi connectivity index (χ2n) is 4.67. The van der Waals surface area contributed by atoms with Gasteiger partial charge in [-0.05, 0) is 51.3 Å². The van der Waals surface area contributed by atoms with Crippen molar-refractivity contribution in [2.75, 3.05) is 10.6 Å². The Balaban J connectivity index is 2.40. The van der Waals surface area contributed by atoms with Crippen molar-refractivity contribution < 1.29 is 0 Å². The summed E-state index contributed by atoms with van der Waals surface area (Å²) < 4.78 is 0. The van der Waals surface area contributed by atoms with Crippen molar-refractivity contribution in [3.63, 3.8) is 0 Å². The van der Waals surface area contributed by atoms with E-state index in [1.54, 1.807) is 0 Å². The van der Waals surface area contributed by atoms with Crippen LogP contribution in [0.4, 0.5) is 11.4 Å². The van der Waals surface area contributed by atoms with Gasteiger partial charge in [0.15, 0.2) is 0 Å². The lowest BCUT2D eigenvalue weighted by Crippen LogP contribution is -2.33. The zero-order valence-electron chi connectivity index (χ0n) is 9.83. The summed E-state index contributed by atoms with van der Waals surface area (Å²) >= 11 is 0. The van der Waals surface area contributed by atoms with Crippen molar-refractivity contribution in [3.8, 4) is 0 Å². The largest absolute Gasteiger partial charge is 0.398 e. The summed E-state index contributed by atoms with van der Waals surface area (Å²) in [5.41, 5.74) is 9.39. The molecule has 1 aliphatic rings. The van der Waals surface area contributed by atoms with E-state index in [-0.39, 0.29) is 0 Å². The van der Waals surface area contributed by atoms with Crippen LogP contribution >= 0.6 is 0 Å². The van der Waals surface area contributed by atoms with Gasteiger partial charge in [-0.15, -0.1) is 0 Å². The molecule has 1 aromatic rings. The molecular formula is C13H20N2. The Hall–Kier alpha value is -1.18. The molecule has 0 saturated carbocycles. The molecule has 2 atom stereocenters. The summed E-state index contributed by atoms with van der Waals surface area (Å²) in [7, 11) is 0. The second-order valence-corrected chi connectivity index (χ2v) is 4.67. The van der Waals surface area contributed by atoms with Gasteiger partial charge >= 0.3 is 0 Å². The monoisotopic (exact) mass is 204 g/mol. The number of hydrogen-bond acceptors (Lipinski definition) is 2. The summed E-state index contributed by atoms with van der Waals surface area (Å²) in [5, 5.41) is 0. The third-order valence-electron chi connectivity index (χ3n) is 3.58. The SMILES string of the molecule is Cc1c(N)cccc1N1[C@H](C)CC[C@@H]1C. The van der Waals surface area contributed by atoms with Crippen molar-refractivity contribution in [1.29, 1.82) is 0 Å². The zero-order chi connectivity index (χ0) is 11.0. The summed E-state index contributed by atoms with van der Waals surface area (Å²) in [5.74, 6) is 0. The Kier molecular flexibility index (Phi) is 2.59. The summed E-state index contributed by atoms with van der Waals surface area (Å²) in [4.78, 5) is 2.51. The molecule has 0 amide bonds. The van der Waals surface area contributed by atoms with Crippen LogP contribution in [0.2, 0.25) is 0 Å². The number of hydrogen-bond donors (Lipinski definition) is 1. The molecule has 15 heavy (non-hydrogen) atoms. The van der Waals surface area contributed by atoms with Gasteiger partial charge in [-0.1, -0.05) is 6.07 Å². The number of nitrogens with two attached hydrogens (primary N) is 1. The predicted octanol–water partition coefficient (Wildman–Crippen LogP) is 2.95. The van der Waals surface area contributed by atoms with Gasteiger partial charge in [0.1, 0.15) is 0 Å².